The number of ether oxygens (including phenoxy) is 4. The molecule has 11 heteroatoms. The van der Waals surface area contributed by atoms with E-state index >= 15 is 0 Å². The average molecular weight is 590 g/mol. The van der Waals surface area contributed by atoms with Crippen LogP contribution in [0.2, 0.25) is 5.02 Å². The summed E-state index contributed by atoms with van der Waals surface area (Å²) in [5.41, 5.74) is 2.12. The van der Waals surface area contributed by atoms with Crippen LogP contribution < -0.4 is 0 Å². The van der Waals surface area contributed by atoms with Crippen molar-refractivity contribution >= 4 is 40.8 Å². The lowest BCUT2D eigenvalue weighted by atomic mass is 9.88. The molecule has 1 aliphatic heterocycles. The maximum Gasteiger partial charge on any atom is 0.303 e. The molecule has 2 aromatic heterocycles. The smallest absolute Gasteiger partial charge is 0.303 e. The van der Waals surface area contributed by atoms with Crippen molar-refractivity contribution in [3.63, 3.8) is 0 Å². The minimum absolute atomic E-state index is 0.401. The first-order chi connectivity index (χ1) is 19.0. The predicted molar refractivity (Wildman–Crippen MR) is 146 cm³/mol. The van der Waals surface area contributed by atoms with Crippen LogP contribution in [-0.2, 0) is 39.8 Å². The van der Waals surface area contributed by atoms with Crippen LogP contribution in [0.1, 0.15) is 56.2 Å². The highest BCUT2D eigenvalue weighted by Crippen LogP contribution is 2.40. The van der Waals surface area contributed by atoms with Crippen molar-refractivity contribution < 1.29 is 37.7 Å². The molecule has 4 rings (SSSR count). The van der Waals surface area contributed by atoms with Crippen molar-refractivity contribution in [3.05, 3.63) is 75.5 Å². The van der Waals surface area contributed by atoms with Crippen LogP contribution in [-0.4, -0.2) is 47.3 Å². The predicted octanol–water partition coefficient (Wildman–Crippen LogP) is 5.84. The molecular formula is C29H29ClFNO7S. The Morgan fingerprint density at radius 2 is 1.62 bits per heavy atom. The van der Waals surface area contributed by atoms with E-state index in [2.05, 4.69) is 4.98 Å². The summed E-state index contributed by atoms with van der Waals surface area (Å²) >= 11 is 8.09. The molecule has 40 heavy (non-hydrogen) atoms. The third-order valence-electron chi connectivity index (χ3n) is 6.35. The van der Waals surface area contributed by atoms with E-state index in [1.54, 1.807) is 18.2 Å². The number of rotatable bonds is 8. The minimum Gasteiger partial charge on any atom is -0.456 e. The zero-order chi connectivity index (χ0) is 29.0. The van der Waals surface area contributed by atoms with Crippen molar-refractivity contribution in [2.24, 2.45) is 0 Å². The lowest BCUT2D eigenvalue weighted by molar-refractivity contribution is -0.249. The largest absolute Gasteiger partial charge is 0.456 e. The molecule has 0 N–H and O–H groups in total. The Balaban J connectivity index is 1.67. The monoisotopic (exact) mass is 589 g/mol. The lowest BCUT2D eigenvalue weighted by Gasteiger charge is -2.44. The summed E-state index contributed by atoms with van der Waals surface area (Å²) in [6, 6.07) is 12.2. The summed E-state index contributed by atoms with van der Waals surface area (Å²) in [4.78, 5) is 42.1. The normalized spacial score (nSPS) is 22.4. The first kappa shape index (κ1) is 29.6. The fourth-order valence-electron chi connectivity index (χ4n) is 4.72. The highest BCUT2D eigenvalue weighted by Gasteiger charge is 2.51. The summed E-state index contributed by atoms with van der Waals surface area (Å²) in [6.07, 6.45) is -2.49. The van der Waals surface area contributed by atoms with E-state index < -0.39 is 54.2 Å². The van der Waals surface area contributed by atoms with Crippen LogP contribution in [0.15, 0.2) is 48.7 Å². The van der Waals surface area contributed by atoms with Crippen molar-refractivity contribution in [1.82, 2.24) is 4.98 Å². The van der Waals surface area contributed by atoms with Gasteiger partial charge in [0.1, 0.15) is 11.9 Å². The summed E-state index contributed by atoms with van der Waals surface area (Å²) in [7, 11) is 0. The van der Waals surface area contributed by atoms with Crippen molar-refractivity contribution in [2.75, 3.05) is 0 Å². The first-order valence-electron chi connectivity index (χ1n) is 12.7. The van der Waals surface area contributed by atoms with Gasteiger partial charge in [-0.1, -0.05) is 30.7 Å². The topological polar surface area (TPSA) is 101 Å². The minimum atomic E-state index is -1.09. The summed E-state index contributed by atoms with van der Waals surface area (Å²) in [5.74, 6) is -2.21. The molecule has 1 aromatic carbocycles. The molecule has 1 fully saturated rings. The number of carbonyl (C=O) groups excluding carboxylic acids is 3. The Hall–Kier alpha value is -3.34. The highest BCUT2D eigenvalue weighted by atomic mass is 35.5. The zero-order valence-electron chi connectivity index (χ0n) is 22.4. The molecule has 0 saturated carbocycles. The van der Waals surface area contributed by atoms with Gasteiger partial charge in [-0.05, 0) is 47.9 Å². The van der Waals surface area contributed by atoms with E-state index in [-0.39, 0.29) is 0 Å². The molecule has 212 valence electrons. The molecule has 0 radical (unpaired) electrons. The molecule has 1 aliphatic rings. The molecule has 3 aromatic rings. The Bertz CT molecular complexity index is 1380. The van der Waals surface area contributed by atoms with Gasteiger partial charge in [-0.15, -0.1) is 11.3 Å². The fourth-order valence-corrected chi connectivity index (χ4v) is 5.91. The number of pyridine rings is 1. The molecule has 5 atom stereocenters. The quantitative estimate of drug-likeness (QED) is 0.239. The van der Waals surface area contributed by atoms with Gasteiger partial charge in [0, 0.05) is 37.1 Å². The Morgan fingerprint density at radius 3 is 2.25 bits per heavy atom. The van der Waals surface area contributed by atoms with Gasteiger partial charge in [0.05, 0.1) is 22.9 Å². The van der Waals surface area contributed by atoms with Crippen LogP contribution in [0, 0.1) is 5.82 Å². The number of carbonyl (C=O) groups is 3. The summed E-state index contributed by atoms with van der Waals surface area (Å²) in [6.45, 7) is 5.58. The van der Waals surface area contributed by atoms with E-state index in [0.717, 1.165) is 15.3 Å². The van der Waals surface area contributed by atoms with Gasteiger partial charge in [0.25, 0.3) is 0 Å². The molecule has 3 heterocycles. The Labute approximate surface area is 240 Å². The van der Waals surface area contributed by atoms with Gasteiger partial charge in [-0.25, -0.2) is 4.39 Å². The maximum absolute atomic E-state index is 13.3. The van der Waals surface area contributed by atoms with Gasteiger partial charge in [-0.3, -0.25) is 19.4 Å². The van der Waals surface area contributed by atoms with Gasteiger partial charge in [0.15, 0.2) is 18.3 Å². The fraction of sp³-hybridized carbons (Fsp3) is 0.379. The standard InChI is InChI=1S/C29H29ClFNO7S/c1-5-24-27(36-15(2)33)29(38-17(4)35)28(37-16(3)34)26(39-24)18-6-9-22(30)19(12-18)13-21-8-11-25(40-21)23-10-7-20(31)14-32-23/h6-12,14,24,26-29H,5,13H2,1-4H3/t24-,26+,27-,28+,29+/m1/s1. The number of hydrogen-bond acceptors (Lipinski definition) is 9. The van der Waals surface area contributed by atoms with Gasteiger partial charge in [0.2, 0.25) is 0 Å². The molecule has 0 unspecified atom stereocenters. The Kier molecular flexibility index (Phi) is 9.55. The molecule has 0 bridgehead atoms. The summed E-state index contributed by atoms with van der Waals surface area (Å²) in [5, 5.41) is 0.528. The molecule has 0 amide bonds. The van der Waals surface area contributed by atoms with E-state index in [4.69, 9.17) is 30.5 Å². The summed E-state index contributed by atoms with van der Waals surface area (Å²) < 4.78 is 36.3. The zero-order valence-corrected chi connectivity index (χ0v) is 24.0. The van der Waals surface area contributed by atoms with Crippen LogP contribution >= 0.6 is 22.9 Å². The first-order valence-corrected chi connectivity index (χ1v) is 13.9. The number of halogens is 2. The third-order valence-corrected chi connectivity index (χ3v) is 7.82. The van der Waals surface area contributed by atoms with E-state index in [0.29, 0.717) is 29.1 Å². The number of aromatic nitrogens is 1. The number of esters is 3. The van der Waals surface area contributed by atoms with Crippen molar-refractivity contribution in [2.45, 2.75) is 71.1 Å². The Morgan fingerprint density at radius 1 is 0.950 bits per heavy atom. The molecule has 8 nitrogen and oxygen atoms in total. The van der Waals surface area contributed by atoms with Crippen LogP contribution in [0.5, 0.6) is 0 Å². The highest BCUT2D eigenvalue weighted by molar-refractivity contribution is 7.15. The number of benzene rings is 1. The van der Waals surface area contributed by atoms with Crippen molar-refractivity contribution in [3.8, 4) is 10.6 Å². The third kappa shape index (κ3) is 7.04. The number of thiophene rings is 1. The second kappa shape index (κ2) is 12.9. The van der Waals surface area contributed by atoms with E-state index in [9.17, 15) is 18.8 Å². The van der Waals surface area contributed by atoms with Gasteiger partial charge < -0.3 is 18.9 Å². The van der Waals surface area contributed by atoms with Gasteiger partial charge >= 0.3 is 17.9 Å². The SMILES string of the molecule is CC[C@H]1O[C@@H](c2ccc(Cl)c(Cc3ccc(-c4ccc(F)cn4)s3)c2)[C@H](OC(C)=O)[C@@H](OC(C)=O)[C@@H]1OC(C)=O. The van der Waals surface area contributed by atoms with Crippen molar-refractivity contribution in [1.29, 1.82) is 0 Å². The van der Waals surface area contributed by atoms with E-state index in [1.807, 2.05) is 25.1 Å². The maximum atomic E-state index is 13.3. The van der Waals surface area contributed by atoms with Crippen LogP contribution in [0.25, 0.3) is 10.6 Å². The molecule has 1 saturated heterocycles. The lowest BCUT2D eigenvalue weighted by Crippen LogP contribution is -2.58. The van der Waals surface area contributed by atoms with E-state index in [1.165, 1.54) is 44.4 Å². The van der Waals surface area contributed by atoms with Crippen LogP contribution in [0.4, 0.5) is 4.39 Å². The second-order valence-corrected chi connectivity index (χ2v) is 11.0. The molecule has 0 aliphatic carbocycles. The van der Waals surface area contributed by atoms with Gasteiger partial charge in [-0.2, -0.15) is 0 Å². The number of nitrogens with zero attached hydrogens (tertiary/aromatic N) is 1. The van der Waals surface area contributed by atoms with Crippen LogP contribution in [0.3, 0.4) is 0 Å². The number of hydrogen-bond donors (Lipinski definition) is 0. The average Bonchev–Trinajstić information content (AvgIpc) is 3.35. The second-order valence-electron chi connectivity index (χ2n) is 9.38. The molecule has 0 spiro atoms. The molecular weight excluding hydrogens is 561 g/mol.